The van der Waals surface area contributed by atoms with Crippen LogP contribution in [-0.2, 0) is 6.54 Å². The Morgan fingerprint density at radius 3 is 2.61 bits per heavy atom. The Morgan fingerprint density at radius 2 is 1.89 bits per heavy atom. The smallest absolute Gasteiger partial charge is 0.330 e. The molecule has 4 aromatic rings. The molecule has 6 nitrogen and oxygen atoms in total. The lowest BCUT2D eigenvalue weighted by Gasteiger charge is -2.14. The fraction of sp³-hybridized carbons (Fsp3) is 0.227. The van der Waals surface area contributed by atoms with E-state index in [2.05, 4.69) is 16.5 Å². The summed E-state index contributed by atoms with van der Waals surface area (Å²) in [5.74, 6) is 0.0382. The minimum absolute atomic E-state index is 0.0443. The summed E-state index contributed by atoms with van der Waals surface area (Å²) in [5.41, 5.74) is 3.24. The molecule has 0 saturated carbocycles. The topological polar surface area (TPSA) is 83.2 Å². The first-order valence-corrected chi connectivity index (χ1v) is 9.37. The van der Waals surface area contributed by atoms with Gasteiger partial charge >= 0.3 is 5.69 Å². The van der Waals surface area contributed by atoms with Crippen molar-refractivity contribution < 1.29 is 10.2 Å². The molecule has 4 rings (SSSR count). The van der Waals surface area contributed by atoms with E-state index < -0.39 is 0 Å². The number of imidazole rings is 1. The van der Waals surface area contributed by atoms with Crippen molar-refractivity contribution in [1.82, 2.24) is 14.1 Å². The van der Waals surface area contributed by atoms with Crippen LogP contribution in [0.15, 0.2) is 53.6 Å². The fourth-order valence-corrected chi connectivity index (χ4v) is 3.75. The summed E-state index contributed by atoms with van der Waals surface area (Å²) >= 11 is 0. The van der Waals surface area contributed by atoms with E-state index in [-0.39, 0.29) is 23.1 Å². The molecule has 0 aliphatic heterocycles. The highest BCUT2D eigenvalue weighted by Crippen LogP contribution is 2.38. The predicted molar refractivity (Wildman–Crippen MR) is 110 cm³/mol. The maximum atomic E-state index is 12.7. The number of phenols is 2. The molecule has 0 radical (unpaired) electrons. The summed E-state index contributed by atoms with van der Waals surface area (Å²) in [6.07, 6.45) is 3.59. The van der Waals surface area contributed by atoms with Crippen LogP contribution in [0.5, 0.6) is 11.5 Å². The third-order valence-corrected chi connectivity index (χ3v) is 5.19. The molecule has 0 fully saturated rings. The van der Waals surface area contributed by atoms with Gasteiger partial charge in [-0.25, -0.2) is 4.79 Å². The van der Waals surface area contributed by atoms with E-state index in [1.54, 1.807) is 16.8 Å². The van der Waals surface area contributed by atoms with Crippen molar-refractivity contribution in [3.8, 4) is 28.4 Å². The molecule has 28 heavy (non-hydrogen) atoms. The third-order valence-electron chi connectivity index (χ3n) is 5.19. The van der Waals surface area contributed by atoms with Crippen molar-refractivity contribution in [2.75, 3.05) is 0 Å². The van der Waals surface area contributed by atoms with Gasteiger partial charge in [-0.15, -0.1) is 0 Å². The van der Waals surface area contributed by atoms with Gasteiger partial charge in [0.25, 0.3) is 0 Å². The number of aryl methyl sites for hydroxylation is 1. The first-order chi connectivity index (χ1) is 13.4. The van der Waals surface area contributed by atoms with Crippen molar-refractivity contribution in [3.63, 3.8) is 0 Å². The third kappa shape index (κ3) is 2.69. The number of aromatic nitrogens is 3. The van der Waals surface area contributed by atoms with E-state index in [0.29, 0.717) is 16.8 Å². The zero-order valence-electron chi connectivity index (χ0n) is 16.1. The molecule has 0 atom stereocenters. The molecule has 2 aromatic carbocycles. The van der Waals surface area contributed by atoms with E-state index in [0.717, 1.165) is 23.1 Å². The lowest BCUT2D eigenvalue weighted by Crippen LogP contribution is -2.16. The standard InChI is InChI=1S/C22H23N3O3/c1-4-24-9-8-14-17(24)6-5-7-18(14)25-19(12-23-22(25)28)16-10-15(13(2)3)20(26)11-21(16)27/h5-13,26-27H,4H2,1-3H3,(H,23,28). The van der Waals surface area contributed by atoms with Gasteiger partial charge in [-0.3, -0.25) is 4.57 Å². The van der Waals surface area contributed by atoms with Gasteiger partial charge in [0, 0.05) is 36.0 Å². The van der Waals surface area contributed by atoms with Crippen LogP contribution in [0, 0.1) is 0 Å². The van der Waals surface area contributed by atoms with Gasteiger partial charge in [-0.1, -0.05) is 19.9 Å². The minimum atomic E-state index is -0.287. The van der Waals surface area contributed by atoms with E-state index in [4.69, 9.17) is 0 Å². The van der Waals surface area contributed by atoms with Crippen molar-refractivity contribution >= 4 is 10.9 Å². The van der Waals surface area contributed by atoms with Gasteiger partial charge in [0.15, 0.2) is 0 Å². The van der Waals surface area contributed by atoms with Crippen molar-refractivity contribution in [3.05, 3.63) is 64.8 Å². The fourth-order valence-electron chi connectivity index (χ4n) is 3.75. The first-order valence-electron chi connectivity index (χ1n) is 9.37. The molecule has 2 aromatic heterocycles. The highest BCUT2D eigenvalue weighted by molar-refractivity contribution is 5.89. The Bertz CT molecular complexity index is 1230. The van der Waals surface area contributed by atoms with Crippen LogP contribution in [-0.4, -0.2) is 24.3 Å². The van der Waals surface area contributed by atoms with Crippen LogP contribution in [0.1, 0.15) is 32.3 Å². The van der Waals surface area contributed by atoms with Crippen LogP contribution < -0.4 is 5.69 Å². The van der Waals surface area contributed by atoms with E-state index in [1.165, 1.54) is 6.07 Å². The van der Waals surface area contributed by atoms with Gasteiger partial charge in [0.2, 0.25) is 0 Å². The SMILES string of the molecule is CCn1ccc2c(-n3c(-c4cc(C(C)C)c(O)cc4O)c[nH]c3=O)cccc21. The molecule has 3 N–H and O–H groups in total. The van der Waals surface area contributed by atoms with Crippen molar-refractivity contribution in [1.29, 1.82) is 0 Å². The molecule has 0 spiro atoms. The van der Waals surface area contributed by atoms with Crippen molar-refractivity contribution in [2.24, 2.45) is 0 Å². The summed E-state index contributed by atoms with van der Waals surface area (Å²) < 4.78 is 3.68. The summed E-state index contributed by atoms with van der Waals surface area (Å²) in [4.78, 5) is 15.4. The second-order valence-corrected chi connectivity index (χ2v) is 7.21. The van der Waals surface area contributed by atoms with Gasteiger partial charge in [0.1, 0.15) is 11.5 Å². The zero-order chi connectivity index (χ0) is 20.0. The Hall–Kier alpha value is -3.41. The average Bonchev–Trinajstić information content (AvgIpc) is 3.24. The maximum Gasteiger partial charge on any atom is 0.330 e. The summed E-state index contributed by atoms with van der Waals surface area (Å²) in [5, 5.41) is 21.6. The number of aromatic amines is 1. The lowest BCUT2D eigenvalue weighted by molar-refractivity contribution is 0.445. The number of hydrogen-bond donors (Lipinski definition) is 3. The number of H-pyrrole nitrogens is 1. The Kier molecular flexibility index (Phi) is 4.26. The highest BCUT2D eigenvalue weighted by atomic mass is 16.3. The van der Waals surface area contributed by atoms with Gasteiger partial charge in [-0.05, 0) is 42.7 Å². The molecular weight excluding hydrogens is 354 g/mol. The summed E-state index contributed by atoms with van der Waals surface area (Å²) in [7, 11) is 0. The Morgan fingerprint density at radius 1 is 1.11 bits per heavy atom. The lowest BCUT2D eigenvalue weighted by atomic mass is 9.97. The van der Waals surface area contributed by atoms with E-state index >= 15 is 0 Å². The van der Waals surface area contributed by atoms with E-state index in [9.17, 15) is 15.0 Å². The van der Waals surface area contributed by atoms with Crippen LogP contribution in [0.2, 0.25) is 0 Å². The zero-order valence-corrected chi connectivity index (χ0v) is 16.1. The molecule has 144 valence electrons. The largest absolute Gasteiger partial charge is 0.508 e. The molecule has 0 saturated heterocycles. The van der Waals surface area contributed by atoms with Crippen LogP contribution in [0.3, 0.4) is 0 Å². The number of nitrogens with zero attached hydrogens (tertiary/aromatic N) is 2. The van der Waals surface area contributed by atoms with Crippen LogP contribution in [0.25, 0.3) is 27.8 Å². The molecule has 0 bridgehead atoms. The number of phenolic OH excluding ortho intramolecular Hbond substituents is 2. The van der Waals surface area contributed by atoms with Gasteiger partial charge < -0.3 is 19.8 Å². The van der Waals surface area contributed by atoms with Crippen LogP contribution in [0.4, 0.5) is 0 Å². The molecule has 0 unspecified atom stereocenters. The molecule has 6 heteroatoms. The predicted octanol–water partition coefficient (Wildman–Crippen LogP) is 4.34. The van der Waals surface area contributed by atoms with Gasteiger partial charge in [-0.2, -0.15) is 0 Å². The monoisotopic (exact) mass is 377 g/mol. The molecular formula is C22H23N3O3. The second kappa shape index (κ2) is 6.64. The Balaban J connectivity index is 2.00. The maximum absolute atomic E-state index is 12.7. The first kappa shape index (κ1) is 18.0. The number of nitrogens with one attached hydrogen (secondary N) is 1. The number of hydrogen-bond acceptors (Lipinski definition) is 3. The number of aromatic hydroxyl groups is 2. The van der Waals surface area contributed by atoms with Gasteiger partial charge in [0.05, 0.1) is 16.9 Å². The number of benzene rings is 2. The second-order valence-electron chi connectivity index (χ2n) is 7.21. The average molecular weight is 377 g/mol. The highest BCUT2D eigenvalue weighted by Gasteiger charge is 2.19. The molecule has 0 aliphatic carbocycles. The number of rotatable bonds is 4. The van der Waals surface area contributed by atoms with Crippen molar-refractivity contribution in [2.45, 2.75) is 33.2 Å². The normalized spacial score (nSPS) is 11.6. The molecule has 2 heterocycles. The minimum Gasteiger partial charge on any atom is -0.508 e. The summed E-state index contributed by atoms with van der Waals surface area (Å²) in [6.45, 7) is 6.84. The molecule has 0 amide bonds. The van der Waals surface area contributed by atoms with E-state index in [1.807, 2.05) is 44.3 Å². The number of fused-ring (bicyclic) bond motifs is 1. The van der Waals surface area contributed by atoms with Crippen LogP contribution >= 0.6 is 0 Å². The summed E-state index contributed by atoms with van der Waals surface area (Å²) in [6, 6.07) is 10.9. The molecule has 0 aliphatic rings. The Labute approximate surface area is 162 Å². The quantitative estimate of drug-likeness (QED) is 0.495.